The normalized spacial score (nSPS) is 20.1. The number of esters is 2. The van der Waals surface area contributed by atoms with Crippen molar-refractivity contribution in [3.8, 4) is 0 Å². The molecular weight excluding hydrogens is 592 g/mol. The fourth-order valence-electron chi connectivity index (χ4n) is 4.09. The van der Waals surface area contributed by atoms with Crippen molar-refractivity contribution in [2.24, 2.45) is 0 Å². The number of hydrogen-bond acceptors (Lipinski definition) is 13. The molecular formula is C27H24N2O13S. The van der Waals surface area contributed by atoms with Crippen molar-refractivity contribution in [1.82, 2.24) is 0 Å². The fourth-order valence-corrected chi connectivity index (χ4v) is 5.20. The van der Waals surface area contributed by atoms with Crippen LogP contribution in [0, 0.1) is 27.2 Å². The molecule has 0 amide bonds. The number of carbonyl (C=O) groups excluding carboxylic acids is 2. The Balaban J connectivity index is 1.71. The standard InChI is InChI=1S/C27H24N2O13S/c1-16-8-10-21(11-9-16)43(36,37)42-23-22(40-26(31)18-12-19(28(32)33)14-20(13-18)29(34)35)15-39-27(38-2)24(23)41-25(30)17-6-4-3-5-7-17/h3-14,22-24,27H,15H2,1-2H3/t22-,23+,24-,27+/m1/s1. The zero-order valence-electron chi connectivity index (χ0n) is 22.6. The molecule has 1 fully saturated rings. The summed E-state index contributed by atoms with van der Waals surface area (Å²) >= 11 is 0. The Morgan fingerprint density at radius 1 is 0.837 bits per heavy atom. The number of methoxy groups -OCH3 is 1. The Kier molecular flexibility index (Phi) is 9.45. The van der Waals surface area contributed by atoms with Crippen molar-refractivity contribution in [2.45, 2.75) is 36.4 Å². The zero-order chi connectivity index (χ0) is 31.3. The van der Waals surface area contributed by atoms with E-state index in [-0.39, 0.29) is 10.5 Å². The van der Waals surface area contributed by atoms with Crippen LogP contribution in [0.2, 0.25) is 0 Å². The molecule has 0 saturated carbocycles. The van der Waals surface area contributed by atoms with Crippen LogP contribution in [0.15, 0.2) is 77.7 Å². The molecule has 16 heteroatoms. The number of nitrogens with zero attached hydrogens (tertiary/aromatic N) is 2. The van der Waals surface area contributed by atoms with Gasteiger partial charge < -0.3 is 18.9 Å². The van der Waals surface area contributed by atoms with E-state index in [1.54, 1.807) is 25.1 Å². The van der Waals surface area contributed by atoms with Crippen LogP contribution >= 0.6 is 0 Å². The molecule has 0 unspecified atom stereocenters. The summed E-state index contributed by atoms with van der Waals surface area (Å²) in [6, 6.07) is 15.5. The van der Waals surface area contributed by atoms with Crippen LogP contribution < -0.4 is 0 Å². The van der Waals surface area contributed by atoms with E-state index in [1.165, 1.54) is 43.5 Å². The molecule has 226 valence electrons. The van der Waals surface area contributed by atoms with Crippen molar-refractivity contribution in [1.29, 1.82) is 0 Å². The summed E-state index contributed by atoms with van der Waals surface area (Å²) in [4.78, 5) is 46.6. The molecule has 1 aliphatic rings. The number of nitro groups is 2. The molecule has 4 atom stereocenters. The quantitative estimate of drug-likeness (QED) is 0.139. The van der Waals surface area contributed by atoms with Gasteiger partial charge in [-0.1, -0.05) is 35.9 Å². The van der Waals surface area contributed by atoms with Gasteiger partial charge in [0.2, 0.25) is 0 Å². The second-order valence-electron chi connectivity index (χ2n) is 9.20. The third-order valence-electron chi connectivity index (χ3n) is 6.23. The maximum atomic E-state index is 13.3. The summed E-state index contributed by atoms with van der Waals surface area (Å²) in [6.07, 6.45) is -6.36. The molecule has 4 rings (SSSR count). The summed E-state index contributed by atoms with van der Waals surface area (Å²) in [5, 5.41) is 22.6. The first-order valence-electron chi connectivity index (χ1n) is 12.4. The van der Waals surface area contributed by atoms with Gasteiger partial charge >= 0.3 is 11.9 Å². The molecule has 0 N–H and O–H groups in total. The summed E-state index contributed by atoms with van der Waals surface area (Å²) in [5.74, 6) is -2.20. The van der Waals surface area contributed by atoms with Crippen LogP contribution in [-0.2, 0) is 33.2 Å². The Bertz CT molecular complexity index is 1600. The number of carbonyl (C=O) groups is 2. The Morgan fingerprint density at radius 3 is 1.98 bits per heavy atom. The predicted octanol–water partition coefficient (Wildman–Crippen LogP) is 3.34. The average Bonchev–Trinajstić information content (AvgIpc) is 2.99. The molecule has 0 bridgehead atoms. The first-order valence-corrected chi connectivity index (χ1v) is 13.9. The van der Waals surface area contributed by atoms with Crippen molar-refractivity contribution in [3.63, 3.8) is 0 Å². The highest BCUT2D eigenvalue weighted by Crippen LogP contribution is 2.30. The van der Waals surface area contributed by atoms with Crippen LogP contribution in [0.3, 0.4) is 0 Å². The smallest absolute Gasteiger partial charge is 0.339 e. The van der Waals surface area contributed by atoms with Gasteiger partial charge in [0.1, 0.15) is 0 Å². The van der Waals surface area contributed by atoms with Crippen molar-refractivity contribution in [3.05, 3.63) is 110 Å². The number of non-ortho nitro benzene ring substituents is 2. The largest absolute Gasteiger partial charge is 0.453 e. The van der Waals surface area contributed by atoms with Crippen LogP contribution in [0.1, 0.15) is 26.3 Å². The van der Waals surface area contributed by atoms with Crippen LogP contribution in [0.5, 0.6) is 0 Å². The van der Waals surface area contributed by atoms with Gasteiger partial charge in [-0.25, -0.2) is 9.59 Å². The van der Waals surface area contributed by atoms with Crippen molar-refractivity contribution in [2.75, 3.05) is 13.7 Å². The first kappa shape index (κ1) is 31.2. The van der Waals surface area contributed by atoms with Gasteiger partial charge in [0.25, 0.3) is 21.5 Å². The maximum Gasteiger partial charge on any atom is 0.339 e. The molecule has 0 aromatic heterocycles. The number of aryl methyl sites for hydroxylation is 1. The lowest BCUT2D eigenvalue weighted by Gasteiger charge is -2.39. The second-order valence-corrected chi connectivity index (χ2v) is 10.8. The number of benzene rings is 3. The summed E-state index contributed by atoms with van der Waals surface area (Å²) in [7, 11) is -3.38. The minimum atomic E-state index is -4.58. The highest BCUT2D eigenvalue weighted by atomic mass is 32.2. The minimum absolute atomic E-state index is 0.0977. The summed E-state index contributed by atoms with van der Waals surface area (Å²) < 4.78 is 53.9. The summed E-state index contributed by atoms with van der Waals surface area (Å²) in [6.45, 7) is 1.21. The van der Waals surface area contributed by atoms with Crippen molar-refractivity contribution >= 4 is 33.4 Å². The minimum Gasteiger partial charge on any atom is -0.453 e. The third kappa shape index (κ3) is 7.36. The second kappa shape index (κ2) is 13.0. The molecule has 0 radical (unpaired) electrons. The van der Waals surface area contributed by atoms with E-state index in [9.17, 15) is 38.2 Å². The van der Waals surface area contributed by atoms with Crippen LogP contribution in [0.25, 0.3) is 0 Å². The monoisotopic (exact) mass is 616 g/mol. The Labute approximate surface area is 244 Å². The van der Waals surface area contributed by atoms with E-state index in [1.807, 2.05) is 0 Å². The van der Waals surface area contributed by atoms with Gasteiger partial charge in [-0.3, -0.25) is 24.4 Å². The average molecular weight is 617 g/mol. The van der Waals surface area contributed by atoms with E-state index in [4.69, 9.17) is 23.1 Å². The molecule has 1 aliphatic heterocycles. The van der Waals surface area contributed by atoms with E-state index in [0.717, 1.165) is 17.7 Å². The van der Waals surface area contributed by atoms with Crippen LogP contribution in [-0.4, -0.2) is 68.5 Å². The molecule has 15 nitrogen and oxygen atoms in total. The van der Waals surface area contributed by atoms with Gasteiger partial charge in [-0.15, -0.1) is 0 Å². The van der Waals surface area contributed by atoms with E-state index in [0.29, 0.717) is 6.07 Å². The highest BCUT2D eigenvalue weighted by molar-refractivity contribution is 7.86. The van der Waals surface area contributed by atoms with Crippen LogP contribution in [0.4, 0.5) is 11.4 Å². The number of ether oxygens (including phenoxy) is 4. The third-order valence-corrected chi connectivity index (χ3v) is 7.56. The lowest BCUT2D eigenvalue weighted by molar-refractivity contribution is -0.394. The van der Waals surface area contributed by atoms with E-state index < -0.39 is 80.1 Å². The summed E-state index contributed by atoms with van der Waals surface area (Å²) in [5.41, 5.74) is -1.24. The van der Waals surface area contributed by atoms with Crippen molar-refractivity contribution < 1.29 is 51.0 Å². The van der Waals surface area contributed by atoms with Gasteiger partial charge in [0.05, 0.1) is 38.5 Å². The SMILES string of the molecule is CO[C@H]1OC[C@@H](OC(=O)c2cc([N+](=O)[O-])cc([N+](=O)[O-])c2)[C@H](OS(=O)(=O)c2ccc(C)cc2)[C@H]1OC(=O)c1ccccc1. The predicted molar refractivity (Wildman–Crippen MR) is 145 cm³/mol. The lowest BCUT2D eigenvalue weighted by Crippen LogP contribution is -2.58. The molecule has 1 heterocycles. The number of nitro benzene ring substituents is 2. The molecule has 0 spiro atoms. The zero-order valence-corrected chi connectivity index (χ0v) is 23.4. The number of rotatable bonds is 10. The van der Waals surface area contributed by atoms with Gasteiger partial charge in [-0.05, 0) is 31.2 Å². The van der Waals surface area contributed by atoms with Gasteiger partial charge in [0.15, 0.2) is 24.6 Å². The lowest BCUT2D eigenvalue weighted by atomic mass is 10.0. The number of hydrogen-bond donors (Lipinski definition) is 0. The molecule has 0 aliphatic carbocycles. The van der Waals surface area contributed by atoms with Gasteiger partial charge in [0, 0.05) is 19.2 Å². The Morgan fingerprint density at radius 2 is 1.42 bits per heavy atom. The highest BCUT2D eigenvalue weighted by Gasteiger charge is 2.49. The topological polar surface area (TPSA) is 201 Å². The molecule has 43 heavy (non-hydrogen) atoms. The Hall–Kier alpha value is -4.77. The first-order chi connectivity index (χ1) is 20.4. The molecule has 1 saturated heterocycles. The molecule has 3 aromatic rings. The van der Waals surface area contributed by atoms with E-state index in [2.05, 4.69) is 0 Å². The van der Waals surface area contributed by atoms with Gasteiger partial charge in [-0.2, -0.15) is 8.42 Å². The molecule has 3 aromatic carbocycles. The van der Waals surface area contributed by atoms with E-state index >= 15 is 0 Å². The maximum absolute atomic E-state index is 13.3. The fraction of sp³-hybridized carbons (Fsp3) is 0.259.